The summed E-state index contributed by atoms with van der Waals surface area (Å²) in [4.78, 5) is 16.9. The summed E-state index contributed by atoms with van der Waals surface area (Å²) in [7, 11) is 4.81. The molecular formula is C22H24N2O4. The van der Waals surface area contributed by atoms with Crippen molar-refractivity contribution >= 4 is 17.8 Å². The lowest BCUT2D eigenvalue weighted by Gasteiger charge is -2.12. The van der Waals surface area contributed by atoms with Gasteiger partial charge in [0, 0.05) is 11.6 Å². The summed E-state index contributed by atoms with van der Waals surface area (Å²) in [6, 6.07) is 11.2. The molecule has 0 fully saturated rings. The van der Waals surface area contributed by atoms with E-state index >= 15 is 0 Å². The number of amidine groups is 1. The molecule has 0 atom stereocenters. The van der Waals surface area contributed by atoms with Crippen LogP contribution in [-0.4, -0.2) is 33.1 Å². The second-order valence-electron chi connectivity index (χ2n) is 6.70. The van der Waals surface area contributed by atoms with Crippen molar-refractivity contribution in [3.8, 4) is 17.2 Å². The molecule has 2 aromatic rings. The summed E-state index contributed by atoms with van der Waals surface area (Å²) < 4.78 is 16.0. The highest BCUT2D eigenvalue weighted by Gasteiger charge is 2.22. The molecule has 1 aliphatic heterocycles. The molecule has 0 saturated carbocycles. The van der Waals surface area contributed by atoms with E-state index in [2.05, 4.69) is 24.2 Å². The van der Waals surface area contributed by atoms with Crippen LogP contribution < -0.4 is 19.5 Å². The second-order valence-corrected chi connectivity index (χ2v) is 6.70. The molecule has 1 amide bonds. The van der Waals surface area contributed by atoms with E-state index in [1.54, 1.807) is 45.6 Å². The van der Waals surface area contributed by atoms with Gasteiger partial charge in [0.15, 0.2) is 0 Å². The van der Waals surface area contributed by atoms with Crippen LogP contribution in [-0.2, 0) is 4.79 Å². The van der Waals surface area contributed by atoms with Crippen molar-refractivity contribution in [2.24, 2.45) is 4.99 Å². The number of nitrogens with zero attached hydrogens (tertiary/aromatic N) is 1. The van der Waals surface area contributed by atoms with Crippen LogP contribution in [0.15, 0.2) is 47.1 Å². The maximum absolute atomic E-state index is 12.4. The quantitative estimate of drug-likeness (QED) is 0.775. The number of methoxy groups -OCH3 is 3. The van der Waals surface area contributed by atoms with Gasteiger partial charge in [-0.3, -0.25) is 4.79 Å². The molecule has 6 nitrogen and oxygen atoms in total. The van der Waals surface area contributed by atoms with E-state index in [1.165, 1.54) is 0 Å². The molecule has 2 aromatic carbocycles. The van der Waals surface area contributed by atoms with Gasteiger partial charge in [-0.1, -0.05) is 19.9 Å². The van der Waals surface area contributed by atoms with Crippen LogP contribution in [0.25, 0.3) is 6.08 Å². The Morgan fingerprint density at radius 2 is 1.64 bits per heavy atom. The van der Waals surface area contributed by atoms with E-state index < -0.39 is 0 Å². The maximum Gasteiger partial charge on any atom is 0.275 e. The molecule has 0 bridgehead atoms. The Morgan fingerprint density at radius 1 is 0.964 bits per heavy atom. The molecule has 3 rings (SSSR count). The summed E-state index contributed by atoms with van der Waals surface area (Å²) >= 11 is 0. The number of hydrogen-bond acceptors (Lipinski definition) is 5. The summed E-state index contributed by atoms with van der Waals surface area (Å²) in [6.45, 7) is 4.20. The summed E-state index contributed by atoms with van der Waals surface area (Å²) in [6.07, 6.45) is 1.77. The van der Waals surface area contributed by atoms with Gasteiger partial charge in [0.25, 0.3) is 5.91 Å². The lowest BCUT2D eigenvalue weighted by Crippen LogP contribution is -2.24. The van der Waals surface area contributed by atoms with Gasteiger partial charge in [-0.05, 0) is 47.4 Å². The van der Waals surface area contributed by atoms with Crippen LogP contribution in [0.4, 0.5) is 0 Å². The highest BCUT2D eigenvalue weighted by Crippen LogP contribution is 2.29. The number of carbonyl (C=O) groups is 1. The van der Waals surface area contributed by atoms with Gasteiger partial charge in [-0.15, -0.1) is 0 Å². The first kappa shape index (κ1) is 19.5. The fourth-order valence-electron chi connectivity index (χ4n) is 3.00. The monoisotopic (exact) mass is 380 g/mol. The van der Waals surface area contributed by atoms with Crippen molar-refractivity contribution in [2.45, 2.75) is 19.8 Å². The van der Waals surface area contributed by atoms with Crippen LogP contribution in [0.3, 0.4) is 0 Å². The fraction of sp³-hybridized carbons (Fsp3) is 0.273. The summed E-state index contributed by atoms with van der Waals surface area (Å²) in [5, 5.41) is 2.81. The van der Waals surface area contributed by atoms with Crippen molar-refractivity contribution in [3.05, 3.63) is 58.8 Å². The number of nitrogens with one attached hydrogen (secondary N) is 1. The smallest absolute Gasteiger partial charge is 0.275 e. The van der Waals surface area contributed by atoms with Crippen LogP contribution in [0, 0.1) is 0 Å². The SMILES string of the molecule is COc1cc(OC)cc(C2=N/C(=C/c3ccc(OC)c(C(C)C)c3)C(=O)N2)c1. The molecular weight excluding hydrogens is 356 g/mol. The normalized spacial score (nSPS) is 14.9. The molecule has 0 aliphatic carbocycles. The highest BCUT2D eigenvalue weighted by atomic mass is 16.5. The standard InChI is InChI=1S/C22H24N2O4/c1-13(2)18-8-14(6-7-20(18)28-5)9-19-22(25)24-21(23-19)15-10-16(26-3)12-17(11-15)27-4/h6-13H,1-5H3,(H,23,24,25)/b19-9+. The lowest BCUT2D eigenvalue weighted by atomic mass is 9.99. The van der Waals surface area contributed by atoms with Crippen molar-refractivity contribution in [1.29, 1.82) is 0 Å². The third-order valence-corrected chi connectivity index (χ3v) is 4.50. The van der Waals surface area contributed by atoms with Crippen LogP contribution in [0.5, 0.6) is 17.2 Å². The molecule has 1 aliphatic rings. The Morgan fingerprint density at radius 3 is 2.21 bits per heavy atom. The van der Waals surface area contributed by atoms with Gasteiger partial charge in [0.1, 0.15) is 28.8 Å². The third-order valence-electron chi connectivity index (χ3n) is 4.50. The number of amides is 1. The molecule has 0 radical (unpaired) electrons. The first-order valence-electron chi connectivity index (χ1n) is 8.98. The molecule has 0 aromatic heterocycles. The zero-order valence-corrected chi connectivity index (χ0v) is 16.7. The van der Waals surface area contributed by atoms with E-state index in [0.29, 0.717) is 34.5 Å². The number of rotatable bonds is 6. The van der Waals surface area contributed by atoms with Crippen molar-refractivity contribution in [3.63, 3.8) is 0 Å². The Kier molecular flexibility index (Phi) is 5.68. The molecule has 6 heteroatoms. The summed E-state index contributed by atoms with van der Waals surface area (Å²) in [5.74, 6) is 2.60. The average molecular weight is 380 g/mol. The van der Waals surface area contributed by atoms with E-state index in [-0.39, 0.29) is 5.91 Å². The number of aliphatic imine (C=N–C) groups is 1. The molecule has 146 valence electrons. The van der Waals surface area contributed by atoms with E-state index in [9.17, 15) is 4.79 Å². The van der Waals surface area contributed by atoms with Gasteiger partial charge in [-0.25, -0.2) is 4.99 Å². The minimum atomic E-state index is -0.251. The number of benzene rings is 2. The van der Waals surface area contributed by atoms with Gasteiger partial charge in [0.05, 0.1) is 21.3 Å². The Bertz CT molecular complexity index is 939. The molecule has 1 heterocycles. The number of carbonyl (C=O) groups excluding carboxylic acids is 1. The largest absolute Gasteiger partial charge is 0.497 e. The lowest BCUT2D eigenvalue weighted by molar-refractivity contribution is -0.115. The minimum absolute atomic E-state index is 0.251. The third kappa shape index (κ3) is 4.01. The van der Waals surface area contributed by atoms with E-state index in [1.807, 2.05) is 18.2 Å². The number of hydrogen-bond donors (Lipinski definition) is 1. The highest BCUT2D eigenvalue weighted by molar-refractivity contribution is 6.20. The predicted molar refractivity (Wildman–Crippen MR) is 109 cm³/mol. The van der Waals surface area contributed by atoms with Gasteiger partial charge >= 0.3 is 0 Å². The molecule has 1 N–H and O–H groups in total. The topological polar surface area (TPSA) is 69.1 Å². The zero-order chi connectivity index (χ0) is 20.3. The van der Waals surface area contributed by atoms with Gasteiger partial charge in [0.2, 0.25) is 0 Å². The van der Waals surface area contributed by atoms with Crippen molar-refractivity contribution in [2.75, 3.05) is 21.3 Å². The van der Waals surface area contributed by atoms with E-state index in [4.69, 9.17) is 14.2 Å². The Labute approximate surface area is 164 Å². The molecule has 0 saturated heterocycles. The van der Waals surface area contributed by atoms with Gasteiger partial charge < -0.3 is 19.5 Å². The maximum atomic E-state index is 12.4. The average Bonchev–Trinajstić information content (AvgIpc) is 3.07. The first-order chi connectivity index (χ1) is 13.4. The van der Waals surface area contributed by atoms with E-state index in [0.717, 1.165) is 16.9 Å². The zero-order valence-electron chi connectivity index (χ0n) is 16.7. The van der Waals surface area contributed by atoms with Crippen molar-refractivity contribution in [1.82, 2.24) is 5.32 Å². The molecule has 0 unspecified atom stereocenters. The first-order valence-corrected chi connectivity index (χ1v) is 8.98. The van der Waals surface area contributed by atoms with Crippen molar-refractivity contribution < 1.29 is 19.0 Å². The van der Waals surface area contributed by atoms with Gasteiger partial charge in [-0.2, -0.15) is 0 Å². The Balaban J connectivity index is 1.97. The molecule has 0 spiro atoms. The second kappa shape index (κ2) is 8.17. The van der Waals surface area contributed by atoms with Crippen LogP contribution >= 0.6 is 0 Å². The minimum Gasteiger partial charge on any atom is -0.497 e. The Hall–Kier alpha value is -3.28. The van der Waals surface area contributed by atoms with Crippen LogP contribution in [0.1, 0.15) is 36.5 Å². The molecule has 28 heavy (non-hydrogen) atoms. The fourth-order valence-corrected chi connectivity index (χ4v) is 3.00. The number of ether oxygens (including phenoxy) is 3. The van der Waals surface area contributed by atoms with Crippen LogP contribution in [0.2, 0.25) is 0 Å². The predicted octanol–water partition coefficient (Wildman–Crippen LogP) is 3.75. The summed E-state index contributed by atoms with van der Waals surface area (Å²) in [5.41, 5.74) is 3.03.